The van der Waals surface area contributed by atoms with Crippen molar-refractivity contribution in [2.45, 2.75) is 18.8 Å². The van der Waals surface area contributed by atoms with Gasteiger partial charge in [-0.2, -0.15) is 0 Å². The fourth-order valence-corrected chi connectivity index (χ4v) is 3.66. The lowest BCUT2D eigenvalue weighted by molar-refractivity contribution is -0.116. The summed E-state index contributed by atoms with van der Waals surface area (Å²) in [5.74, 6) is -0.0477. The van der Waals surface area contributed by atoms with E-state index in [1.54, 1.807) is 0 Å². The monoisotopic (exact) mass is 388 g/mol. The van der Waals surface area contributed by atoms with Gasteiger partial charge in [0, 0.05) is 10.2 Å². The molecule has 1 fully saturated rings. The molecule has 0 unspecified atom stereocenters. The highest BCUT2D eigenvalue weighted by atomic mass is 79.9. The second-order valence-corrected chi connectivity index (χ2v) is 7.20. The van der Waals surface area contributed by atoms with E-state index in [1.165, 1.54) is 17.3 Å². The number of carbonyl (C=O) groups excluding carboxylic acids is 1. The van der Waals surface area contributed by atoms with E-state index in [9.17, 15) is 4.79 Å². The summed E-state index contributed by atoms with van der Waals surface area (Å²) in [5, 5.41) is 6.28. The molecular weight excluding hydrogens is 372 g/mol. The lowest BCUT2D eigenvalue weighted by Crippen LogP contribution is -2.30. The van der Waals surface area contributed by atoms with Gasteiger partial charge in [-0.3, -0.25) is 4.79 Å². The van der Waals surface area contributed by atoms with E-state index in [2.05, 4.69) is 45.6 Å². The van der Waals surface area contributed by atoms with Crippen LogP contribution >= 0.6 is 27.7 Å². The number of hydrogen-bond acceptors (Lipinski definition) is 3. The summed E-state index contributed by atoms with van der Waals surface area (Å²) < 4.78 is 0.979. The second kappa shape index (κ2) is 7.23. The van der Waals surface area contributed by atoms with E-state index in [0.717, 1.165) is 22.1 Å². The Balaban J connectivity index is 1.70. The normalized spacial score (nSPS) is 19.0. The molecule has 1 saturated heterocycles. The van der Waals surface area contributed by atoms with Gasteiger partial charge in [-0.15, -0.1) is 0 Å². The van der Waals surface area contributed by atoms with Gasteiger partial charge in [0.05, 0.1) is 4.91 Å². The van der Waals surface area contributed by atoms with Gasteiger partial charge in [-0.05, 0) is 41.8 Å². The molecule has 1 atom stereocenters. The number of halogens is 1. The van der Waals surface area contributed by atoms with Crippen LogP contribution < -0.4 is 10.6 Å². The number of rotatable bonds is 4. The molecule has 1 heterocycles. The van der Waals surface area contributed by atoms with E-state index in [4.69, 9.17) is 0 Å². The maximum absolute atomic E-state index is 12.1. The minimum Gasteiger partial charge on any atom is -0.357 e. The molecule has 118 valence electrons. The predicted molar refractivity (Wildman–Crippen MR) is 101 cm³/mol. The molecule has 2 aromatic carbocycles. The molecule has 2 aromatic rings. The van der Waals surface area contributed by atoms with Gasteiger partial charge in [0.15, 0.2) is 5.50 Å². The highest BCUT2D eigenvalue weighted by molar-refractivity contribution is 9.10. The molecular formula is C18H17BrN2OS. The Morgan fingerprint density at radius 2 is 1.96 bits per heavy atom. The van der Waals surface area contributed by atoms with Crippen LogP contribution in [0.4, 0.5) is 5.69 Å². The van der Waals surface area contributed by atoms with Crippen molar-refractivity contribution in [2.75, 3.05) is 5.32 Å². The number of amides is 1. The third kappa shape index (κ3) is 3.98. The fourth-order valence-electron chi connectivity index (χ4n) is 2.29. The van der Waals surface area contributed by atoms with Crippen molar-refractivity contribution in [1.29, 1.82) is 0 Å². The van der Waals surface area contributed by atoms with Crippen LogP contribution in [-0.4, -0.2) is 11.4 Å². The SMILES string of the molecule is CCc1ccc(N[C@H]2NC(=O)/C(=C/c3ccccc3Br)S2)cc1. The Morgan fingerprint density at radius 3 is 2.65 bits per heavy atom. The van der Waals surface area contributed by atoms with Crippen LogP contribution in [0.5, 0.6) is 0 Å². The smallest absolute Gasteiger partial charge is 0.260 e. The first-order valence-electron chi connectivity index (χ1n) is 7.45. The first-order valence-corrected chi connectivity index (χ1v) is 9.12. The summed E-state index contributed by atoms with van der Waals surface area (Å²) in [6.07, 6.45) is 2.93. The van der Waals surface area contributed by atoms with Crippen LogP contribution in [0.3, 0.4) is 0 Å². The zero-order valence-corrected chi connectivity index (χ0v) is 15.1. The lowest BCUT2D eigenvalue weighted by atomic mass is 10.1. The van der Waals surface area contributed by atoms with Crippen molar-refractivity contribution < 1.29 is 4.79 Å². The predicted octanol–water partition coefficient (Wildman–Crippen LogP) is 4.61. The maximum Gasteiger partial charge on any atom is 0.260 e. The van der Waals surface area contributed by atoms with Crippen molar-refractivity contribution in [3.63, 3.8) is 0 Å². The zero-order chi connectivity index (χ0) is 16.2. The second-order valence-electron chi connectivity index (χ2n) is 5.20. The van der Waals surface area contributed by atoms with Gasteiger partial charge in [0.25, 0.3) is 5.91 Å². The topological polar surface area (TPSA) is 41.1 Å². The van der Waals surface area contributed by atoms with Gasteiger partial charge in [-0.1, -0.05) is 64.9 Å². The van der Waals surface area contributed by atoms with Crippen LogP contribution in [0.1, 0.15) is 18.1 Å². The lowest BCUT2D eigenvalue weighted by Gasteiger charge is -2.12. The number of nitrogens with one attached hydrogen (secondary N) is 2. The van der Waals surface area contributed by atoms with Crippen LogP contribution in [0.2, 0.25) is 0 Å². The first-order chi connectivity index (χ1) is 11.2. The standard InChI is InChI=1S/C18H17BrN2OS/c1-2-12-7-9-14(10-8-12)20-18-21-17(22)16(23-18)11-13-5-3-4-6-15(13)19/h3-11,18,20H,2H2,1H3,(H,21,22)/b16-11-/t18-/m0/s1. The number of benzene rings is 2. The van der Waals surface area contributed by atoms with Crippen molar-refractivity contribution in [3.8, 4) is 0 Å². The summed E-state index contributed by atoms with van der Waals surface area (Å²) in [5.41, 5.74) is 3.15. The van der Waals surface area contributed by atoms with Crippen molar-refractivity contribution in [1.82, 2.24) is 5.32 Å². The largest absolute Gasteiger partial charge is 0.357 e. The minimum atomic E-state index is -0.149. The van der Waals surface area contributed by atoms with E-state index < -0.39 is 0 Å². The Bertz CT molecular complexity index is 743. The molecule has 0 saturated carbocycles. The molecule has 3 nitrogen and oxygen atoms in total. The molecule has 23 heavy (non-hydrogen) atoms. The van der Waals surface area contributed by atoms with E-state index in [-0.39, 0.29) is 11.4 Å². The number of aryl methyl sites for hydroxylation is 1. The average Bonchev–Trinajstić information content (AvgIpc) is 2.90. The van der Waals surface area contributed by atoms with Gasteiger partial charge in [0.1, 0.15) is 0 Å². The first kappa shape index (κ1) is 16.1. The Labute approximate surface area is 148 Å². The number of carbonyl (C=O) groups is 1. The van der Waals surface area contributed by atoms with E-state index in [1.807, 2.05) is 42.5 Å². The van der Waals surface area contributed by atoms with Crippen LogP contribution in [0.25, 0.3) is 6.08 Å². The van der Waals surface area contributed by atoms with Gasteiger partial charge < -0.3 is 10.6 Å². The molecule has 5 heteroatoms. The van der Waals surface area contributed by atoms with Crippen molar-refractivity contribution in [3.05, 3.63) is 69.0 Å². The molecule has 1 aliphatic rings. The summed E-state index contributed by atoms with van der Waals surface area (Å²) >= 11 is 5.00. The summed E-state index contributed by atoms with van der Waals surface area (Å²) in [7, 11) is 0. The zero-order valence-electron chi connectivity index (χ0n) is 12.7. The number of anilines is 1. The summed E-state index contributed by atoms with van der Waals surface area (Å²) in [6.45, 7) is 2.13. The summed E-state index contributed by atoms with van der Waals surface area (Å²) in [6, 6.07) is 16.1. The quantitative estimate of drug-likeness (QED) is 0.751. The molecule has 0 radical (unpaired) electrons. The molecule has 1 aliphatic heterocycles. The third-order valence-corrected chi connectivity index (χ3v) is 5.33. The molecule has 0 bridgehead atoms. The fraction of sp³-hybridized carbons (Fsp3) is 0.167. The Hall–Kier alpha value is -1.72. The van der Waals surface area contributed by atoms with Crippen molar-refractivity contribution >= 4 is 45.4 Å². The molecule has 0 aliphatic carbocycles. The van der Waals surface area contributed by atoms with E-state index >= 15 is 0 Å². The molecule has 3 rings (SSSR count). The summed E-state index contributed by atoms with van der Waals surface area (Å²) in [4.78, 5) is 12.8. The minimum absolute atomic E-state index is 0.0477. The van der Waals surface area contributed by atoms with Crippen LogP contribution in [-0.2, 0) is 11.2 Å². The Kier molecular flexibility index (Phi) is 5.08. The van der Waals surface area contributed by atoms with Gasteiger partial charge in [0.2, 0.25) is 0 Å². The number of thioether (sulfide) groups is 1. The number of hydrogen-bond donors (Lipinski definition) is 2. The van der Waals surface area contributed by atoms with Crippen molar-refractivity contribution in [2.24, 2.45) is 0 Å². The van der Waals surface area contributed by atoms with Crippen LogP contribution in [0.15, 0.2) is 57.9 Å². The molecule has 2 N–H and O–H groups in total. The van der Waals surface area contributed by atoms with Crippen LogP contribution in [0, 0.1) is 0 Å². The highest BCUT2D eigenvalue weighted by Gasteiger charge is 2.27. The maximum atomic E-state index is 12.1. The van der Waals surface area contributed by atoms with Gasteiger partial charge in [-0.25, -0.2) is 0 Å². The van der Waals surface area contributed by atoms with E-state index in [0.29, 0.717) is 4.91 Å². The molecule has 0 aromatic heterocycles. The van der Waals surface area contributed by atoms with Gasteiger partial charge >= 0.3 is 0 Å². The molecule has 1 amide bonds. The molecule has 0 spiro atoms. The Morgan fingerprint density at radius 1 is 1.22 bits per heavy atom. The highest BCUT2D eigenvalue weighted by Crippen LogP contribution is 2.31. The third-order valence-electron chi connectivity index (χ3n) is 3.58. The average molecular weight is 389 g/mol.